The molecule has 1 aliphatic carbocycles. The zero-order valence-electron chi connectivity index (χ0n) is 16.8. The number of hydrogen-bond donors (Lipinski definition) is 1. The maximum absolute atomic E-state index is 12.0. The minimum atomic E-state index is 0.000820. The molecule has 0 bridgehead atoms. The number of hydrogen-bond acceptors (Lipinski definition) is 4. The molecule has 1 N–H and O–H groups in total. The van der Waals surface area contributed by atoms with Crippen LogP contribution in [-0.2, 0) is 4.79 Å². The average Bonchev–Trinajstić information content (AvgIpc) is 3.47. The molecule has 1 amide bonds. The summed E-state index contributed by atoms with van der Waals surface area (Å²) in [6.45, 7) is 6.53. The summed E-state index contributed by atoms with van der Waals surface area (Å²) in [6.07, 6.45) is 6.24. The van der Waals surface area contributed by atoms with Crippen LogP contribution in [0.3, 0.4) is 0 Å². The first-order valence-corrected chi connectivity index (χ1v) is 9.82. The molecule has 1 aliphatic rings. The molecule has 0 radical (unpaired) electrons. The van der Waals surface area contributed by atoms with Crippen molar-refractivity contribution in [1.29, 1.82) is 5.26 Å². The molecule has 5 heteroatoms. The number of carbonyl (C=O) groups is 1. The summed E-state index contributed by atoms with van der Waals surface area (Å²) in [7, 11) is 0. The van der Waals surface area contributed by atoms with Gasteiger partial charge in [0.05, 0.1) is 23.5 Å². The second-order valence-electron chi connectivity index (χ2n) is 8.58. The van der Waals surface area contributed by atoms with Crippen LogP contribution in [0, 0.1) is 16.7 Å². The van der Waals surface area contributed by atoms with Crippen molar-refractivity contribution in [3.05, 3.63) is 47.7 Å². The highest BCUT2D eigenvalue weighted by molar-refractivity contribution is 5.90. The number of rotatable bonds is 7. The number of aromatic nitrogens is 1. The van der Waals surface area contributed by atoms with Crippen LogP contribution >= 0.6 is 0 Å². The van der Waals surface area contributed by atoms with Gasteiger partial charge in [-0.2, -0.15) is 5.26 Å². The largest absolute Gasteiger partial charge is 0.439 e. The molecule has 1 aromatic heterocycles. The monoisotopic (exact) mass is 377 g/mol. The summed E-state index contributed by atoms with van der Waals surface area (Å²) in [5, 5.41) is 12.1. The van der Waals surface area contributed by atoms with E-state index in [1.165, 1.54) is 0 Å². The van der Waals surface area contributed by atoms with E-state index in [9.17, 15) is 10.1 Å². The van der Waals surface area contributed by atoms with Crippen molar-refractivity contribution in [2.24, 2.45) is 5.41 Å². The van der Waals surface area contributed by atoms with Gasteiger partial charge in [0.1, 0.15) is 5.75 Å². The van der Waals surface area contributed by atoms with Gasteiger partial charge in [0.2, 0.25) is 11.8 Å². The lowest BCUT2D eigenvalue weighted by atomic mass is 9.90. The Morgan fingerprint density at radius 3 is 2.68 bits per heavy atom. The molecule has 0 saturated heterocycles. The van der Waals surface area contributed by atoms with Gasteiger partial charge in [-0.15, -0.1) is 0 Å². The van der Waals surface area contributed by atoms with E-state index in [0.717, 1.165) is 31.2 Å². The van der Waals surface area contributed by atoms with E-state index in [2.05, 4.69) is 37.1 Å². The number of carbonyl (C=O) groups excluding carboxylic acids is 1. The number of nitrogens with zero attached hydrogens (tertiary/aromatic N) is 2. The van der Waals surface area contributed by atoms with Gasteiger partial charge in [-0.25, -0.2) is 4.98 Å². The predicted molar refractivity (Wildman–Crippen MR) is 109 cm³/mol. The third-order valence-electron chi connectivity index (χ3n) is 4.73. The molecule has 3 rings (SSSR count). The van der Waals surface area contributed by atoms with Crippen LogP contribution in [-0.4, -0.2) is 10.9 Å². The first-order chi connectivity index (χ1) is 13.3. The first kappa shape index (κ1) is 19.9. The van der Waals surface area contributed by atoms with Crippen molar-refractivity contribution >= 4 is 11.6 Å². The van der Waals surface area contributed by atoms with Crippen LogP contribution in [0.2, 0.25) is 0 Å². The number of pyridine rings is 1. The highest BCUT2D eigenvalue weighted by Gasteiger charge is 2.26. The van der Waals surface area contributed by atoms with Gasteiger partial charge in [0.25, 0.3) is 0 Å². The van der Waals surface area contributed by atoms with E-state index in [4.69, 9.17) is 4.74 Å². The molecule has 5 nitrogen and oxygen atoms in total. The van der Waals surface area contributed by atoms with Gasteiger partial charge in [0, 0.05) is 12.5 Å². The Bertz CT molecular complexity index is 872. The Morgan fingerprint density at radius 1 is 1.29 bits per heavy atom. The lowest BCUT2D eigenvalue weighted by Gasteiger charge is -2.17. The van der Waals surface area contributed by atoms with Crippen molar-refractivity contribution in [2.45, 2.75) is 58.8 Å². The summed E-state index contributed by atoms with van der Waals surface area (Å²) in [5.41, 5.74) is 2.67. The van der Waals surface area contributed by atoms with Crippen LogP contribution in [0.1, 0.15) is 69.9 Å². The molecule has 0 spiro atoms. The van der Waals surface area contributed by atoms with E-state index in [-0.39, 0.29) is 11.3 Å². The quantitative estimate of drug-likeness (QED) is 0.664. The van der Waals surface area contributed by atoms with Crippen LogP contribution in [0.4, 0.5) is 5.69 Å². The number of nitrogens with one attached hydrogen (secondary N) is 1. The maximum atomic E-state index is 12.0. The summed E-state index contributed by atoms with van der Waals surface area (Å²) >= 11 is 0. The number of ether oxygens (including phenoxy) is 1. The van der Waals surface area contributed by atoms with E-state index in [1.807, 2.05) is 6.07 Å². The summed E-state index contributed by atoms with van der Waals surface area (Å²) < 4.78 is 5.83. The fourth-order valence-corrected chi connectivity index (χ4v) is 3.08. The topological polar surface area (TPSA) is 75.0 Å². The van der Waals surface area contributed by atoms with E-state index in [0.29, 0.717) is 35.2 Å². The van der Waals surface area contributed by atoms with Crippen molar-refractivity contribution < 1.29 is 9.53 Å². The third kappa shape index (κ3) is 5.82. The summed E-state index contributed by atoms with van der Waals surface area (Å²) in [4.78, 5) is 16.3. The lowest BCUT2D eigenvalue weighted by Crippen LogP contribution is -2.13. The molecule has 0 atom stereocenters. The molecule has 0 aliphatic heterocycles. The fraction of sp³-hybridized carbons (Fsp3) is 0.435. The molecule has 1 heterocycles. The average molecular weight is 377 g/mol. The maximum Gasteiger partial charge on any atom is 0.224 e. The van der Waals surface area contributed by atoms with Crippen molar-refractivity contribution in [3.8, 4) is 17.7 Å². The normalized spacial score (nSPS) is 13.6. The standard InChI is InChI=1S/C23H27N3O2/c1-23(2,3)12-4-5-21(27)26-18-9-11-22(25-15-18)28-19-10-8-17(14-24)20(13-19)16-6-7-16/h8-11,13,15-16H,4-7,12H2,1-3H3,(H,26,27). The lowest BCUT2D eigenvalue weighted by molar-refractivity contribution is -0.116. The molecule has 2 aromatic rings. The summed E-state index contributed by atoms with van der Waals surface area (Å²) in [5.74, 6) is 1.60. The zero-order chi connectivity index (χ0) is 20.1. The van der Waals surface area contributed by atoms with E-state index >= 15 is 0 Å². The third-order valence-corrected chi connectivity index (χ3v) is 4.73. The SMILES string of the molecule is CC(C)(C)CCCC(=O)Nc1ccc(Oc2ccc(C#N)c(C3CC3)c2)nc1. The number of nitriles is 1. The Hall–Kier alpha value is -2.87. The van der Waals surface area contributed by atoms with Gasteiger partial charge >= 0.3 is 0 Å². The Morgan fingerprint density at radius 2 is 2.07 bits per heavy atom. The fourth-order valence-electron chi connectivity index (χ4n) is 3.08. The smallest absolute Gasteiger partial charge is 0.224 e. The van der Waals surface area contributed by atoms with Gasteiger partial charge in [-0.3, -0.25) is 4.79 Å². The molecule has 1 fully saturated rings. The highest BCUT2D eigenvalue weighted by atomic mass is 16.5. The highest BCUT2D eigenvalue weighted by Crippen LogP contribution is 2.43. The Kier molecular flexibility index (Phi) is 5.99. The number of benzene rings is 1. The van der Waals surface area contributed by atoms with Crippen LogP contribution in [0.25, 0.3) is 0 Å². The number of amides is 1. The molecular weight excluding hydrogens is 350 g/mol. The van der Waals surface area contributed by atoms with Gasteiger partial charge in [-0.1, -0.05) is 20.8 Å². The summed E-state index contributed by atoms with van der Waals surface area (Å²) in [6, 6.07) is 11.3. The van der Waals surface area contributed by atoms with Gasteiger partial charge in [0.15, 0.2) is 0 Å². The van der Waals surface area contributed by atoms with Gasteiger partial charge < -0.3 is 10.1 Å². The van der Waals surface area contributed by atoms with E-state index < -0.39 is 0 Å². The molecule has 1 saturated carbocycles. The molecular formula is C23H27N3O2. The van der Waals surface area contributed by atoms with Crippen molar-refractivity contribution in [3.63, 3.8) is 0 Å². The minimum absolute atomic E-state index is 0.000820. The Balaban J connectivity index is 1.55. The minimum Gasteiger partial charge on any atom is -0.439 e. The van der Waals surface area contributed by atoms with E-state index in [1.54, 1.807) is 30.5 Å². The number of anilines is 1. The van der Waals surface area contributed by atoms with Gasteiger partial charge in [-0.05, 0) is 66.8 Å². The van der Waals surface area contributed by atoms with Crippen molar-refractivity contribution in [1.82, 2.24) is 4.98 Å². The molecule has 0 unspecified atom stereocenters. The molecule has 1 aromatic carbocycles. The zero-order valence-corrected chi connectivity index (χ0v) is 16.8. The predicted octanol–water partition coefficient (Wildman–Crippen LogP) is 5.78. The van der Waals surface area contributed by atoms with Crippen LogP contribution in [0.5, 0.6) is 11.6 Å². The Labute approximate surface area is 166 Å². The second-order valence-corrected chi connectivity index (χ2v) is 8.58. The van der Waals surface area contributed by atoms with Crippen LogP contribution < -0.4 is 10.1 Å². The van der Waals surface area contributed by atoms with Crippen molar-refractivity contribution in [2.75, 3.05) is 5.32 Å². The first-order valence-electron chi connectivity index (χ1n) is 9.82. The van der Waals surface area contributed by atoms with Crippen LogP contribution in [0.15, 0.2) is 36.5 Å². The molecule has 28 heavy (non-hydrogen) atoms. The second kappa shape index (κ2) is 8.43. The molecule has 146 valence electrons.